The molecule has 6 nitrogen and oxygen atoms in total. The van der Waals surface area contributed by atoms with Crippen molar-refractivity contribution in [3.05, 3.63) is 53.6 Å². The second-order valence-corrected chi connectivity index (χ2v) is 5.57. The van der Waals surface area contributed by atoms with Crippen molar-refractivity contribution in [3.63, 3.8) is 0 Å². The number of fused-ring (bicyclic) bond motifs is 1. The van der Waals surface area contributed by atoms with E-state index < -0.39 is 0 Å². The molecule has 0 N–H and O–H groups in total. The molecule has 1 aliphatic rings. The molecule has 1 amide bonds. The first-order valence-electron chi connectivity index (χ1n) is 7.91. The predicted molar refractivity (Wildman–Crippen MR) is 92.3 cm³/mol. The minimum atomic E-state index is -0.382. The Morgan fingerprint density at radius 3 is 2.56 bits per heavy atom. The molecule has 3 rings (SSSR count). The number of anilines is 1. The van der Waals surface area contributed by atoms with Crippen LogP contribution < -0.4 is 14.4 Å². The van der Waals surface area contributed by atoms with E-state index in [1.165, 1.54) is 7.11 Å². The predicted octanol–water partition coefficient (Wildman–Crippen LogP) is 2.45. The molecule has 2 aromatic rings. The normalized spacial score (nSPS) is 12.5. The fraction of sp³-hybridized carbons (Fsp3) is 0.263. The first kappa shape index (κ1) is 16.8. The van der Waals surface area contributed by atoms with Gasteiger partial charge >= 0.3 is 5.97 Å². The topological polar surface area (TPSA) is 65.1 Å². The van der Waals surface area contributed by atoms with E-state index in [0.717, 1.165) is 11.3 Å². The molecule has 6 heteroatoms. The molecule has 0 saturated carbocycles. The first-order chi connectivity index (χ1) is 12.1. The molecule has 0 atom stereocenters. The van der Waals surface area contributed by atoms with Gasteiger partial charge in [-0.3, -0.25) is 4.79 Å². The minimum absolute atomic E-state index is 0.0848. The van der Waals surface area contributed by atoms with Crippen LogP contribution in [0.1, 0.15) is 15.9 Å². The fourth-order valence-electron chi connectivity index (χ4n) is 2.86. The van der Waals surface area contributed by atoms with Gasteiger partial charge in [0.15, 0.2) is 18.1 Å². The molecule has 2 aromatic carbocycles. The van der Waals surface area contributed by atoms with Crippen LogP contribution in [0.3, 0.4) is 0 Å². The summed E-state index contributed by atoms with van der Waals surface area (Å²) in [6, 6.07) is 12.4. The van der Waals surface area contributed by atoms with Crippen LogP contribution in [0.5, 0.6) is 11.5 Å². The quantitative estimate of drug-likeness (QED) is 0.782. The van der Waals surface area contributed by atoms with Crippen LogP contribution in [0.15, 0.2) is 42.5 Å². The molecular formula is C19H19NO5. The number of nitrogens with zero attached hydrogens (tertiary/aromatic N) is 1. The Bertz CT molecular complexity index is 802. The standard InChI is InChI=1S/C19H19NO5/c1-23-16-5-3-4-6-17(16)25-12-18(21)20-10-9-13-11-14(19(22)24-2)7-8-15(13)20/h3-8,11H,9-10,12H2,1-2H3. The minimum Gasteiger partial charge on any atom is -0.493 e. The molecule has 130 valence electrons. The maximum absolute atomic E-state index is 12.5. The largest absolute Gasteiger partial charge is 0.493 e. The number of esters is 1. The van der Waals surface area contributed by atoms with E-state index >= 15 is 0 Å². The van der Waals surface area contributed by atoms with Crippen LogP contribution >= 0.6 is 0 Å². The van der Waals surface area contributed by atoms with Gasteiger partial charge < -0.3 is 19.1 Å². The Morgan fingerprint density at radius 2 is 1.84 bits per heavy atom. The lowest BCUT2D eigenvalue weighted by atomic mass is 10.1. The van der Waals surface area contributed by atoms with Crippen LogP contribution in [-0.2, 0) is 16.0 Å². The lowest BCUT2D eigenvalue weighted by Crippen LogP contribution is -2.33. The average Bonchev–Trinajstić information content (AvgIpc) is 3.08. The van der Waals surface area contributed by atoms with Crippen molar-refractivity contribution >= 4 is 17.6 Å². The van der Waals surface area contributed by atoms with Crippen LogP contribution in [-0.4, -0.2) is 39.2 Å². The van der Waals surface area contributed by atoms with Crippen molar-refractivity contribution in [3.8, 4) is 11.5 Å². The van der Waals surface area contributed by atoms with E-state index in [0.29, 0.717) is 30.0 Å². The summed E-state index contributed by atoms with van der Waals surface area (Å²) in [5.41, 5.74) is 2.25. The van der Waals surface area contributed by atoms with Gasteiger partial charge in [0.25, 0.3) is 5.91 Å². The number of ether oxygens (including phenoxy) is 3. The summed E-state index contributed by atoms with van der Waals surface area (Å²) in [4.78, 5) is 25.8. The molecule has 25 heavy (non-hydrogen) atoms. The summed E-state index contributed by atoms with van der Waals surface area (Å²) in [5.74, 6) is 0.584. The van der Waals surface area contributed by atoms with Gasteiger partial charge in [0.05, 0.1) is 19.8 Å². The molecule has 0 bridgehead atoms. The molecule has 0 spiro atoms. The van der Waals surface area contributed by atoms with Gasteiger partial charge in [0, 0.05) is 12.2 Å². The molecule has 0 fully saturated rings. The van der Waals surface area contributed by atoms with Gasteiger partial charge in [-0.25, -0.2) is 4.79 Å². The Morgan fingerprint density at radius 1 is 1.08 bits per heavy atom. The number of hydrogen-bond acceptors (Lipinski definition) is 5. The van der Waals surface area contributed by atoms with Gasteiger partial charge in [-0.1, -0.05) is 12.1 Å². The summed E-state index contributed by atoms with van der Waals surface area (Å²) < 4.78 is 15.5. The lowest BCUT2D eigenvalue weighted by molar-refractivity contribution is -0.120. The van der Waals surface area contributed by atoms with E-state index in [1.807, 2.05) is 12.1 Å². The van der Waals surface area contributed by atoms with Gasteiger partial charge in [-0.05, 0) is 42.3 Å². The Hall–Kier alpha value is -3.02. The highest BCUT2D eigenvalue weighted by Crippen LogP contribution is 2.30. The van der Waals surface area contributed by atoms with Crippen LogP contribution in [0.4, 0.5) is 5.69 Å². The number of benzene rings is 2. The Balaban J connectivity index is 1.70. The maximum Gasteiger partial charge on any atom is 0.337 e. The third-order valence-electron chi connectivity index (χ3n) is 4.12. The summed E-state index contributed by atoms with van der Waals surface area (Å²) in [6.45, 7) is 0.479. The zero-order valence-corrected chi connectivity index (χ0v) is 14.2. The molecule has 1 aliphatic heterocycles. The number of rotatable bonds is 5. The Labute approximate surface area is 145 Å². The summed E-state index contributed by atoms with van der Waals surface area (Å²) in [7, 11) is 2.90. The van der Waals surface area contributed by atoms with Crippen LogP contribution in [0.25, 0.3) is 0 Å². The molecule has 0 unspecified atom stereocenters. The third-order valence-corrected chi connectivity index (χ3v) is 4.12. The average molecular weight is 341 g/mol. The van der Waals surface area contributed by atoms with E-state index in [9.17, 15) is 9.59 Å². The maximum atomic E-state index is 12.5. The molecule has 0 aliphatic carbocycles. The van der Waals surface area contributed by atoms with Crippen molar-refractivity contribution in [2.75, 3.05) is 32.3 Å². The second kappa shape index (κ2) is 7.25. The van der Waals surface area contributed by atoms with Crippen LogP contribution in [0, 0.1) is 0 Å². The number of methoxy groups -OCH3 is 2. The molecule has 0 saturated heterocycles. The van der Waals surface area contributed by atoms with Gasteiger partial charge in [0.2, 0.25) is 0 Å². The highest BCUT2D eigenvalue weighted by Gasteiger charge is 2.26. The smallest absolute Gasteiger partial charge is 0.337 e. The van der Waals surface area contributed by atoms with Gasteiger partial charge in [-0.15, -0.1) is 0 Å². The summed E-state index contributed by atoms with van der Waals surface area (Å²) >= 11 is 0. The van der Waals surface area contributed by atoms with E-state index in [-0.39, 0.29) is 18.5 Å². The number of carbonyl (C=O) groups is 2. The van der Waals surface area contributed by atoms with E-state index in [1.54, 1.807) is 42.3 Å². The fourth-order valence-corrected chi connectivity index (χ4v) is 2.86. The summed E-state index contributed by atoms with van der Waals surface area (Å²) in [5, 5.41) is 0. The number of carbonyl (C=O) groups excluding carboxylic acids is 2. The van der Waals surface area contributed by atoms with Crippen molar-refractivity contribution in [1.29, 1.82) is 0 Å². The summed E-state index contributed by atoms with van der Waals surface area (Å²) in [6.07, 6.45) is 0.695. The van der Waals surface area contributed by atoms with Gasteiger partial charge in [0.1, 0.15) is 0 Å². The lowest BCUT2D eigenvalue weighted by Gasteiger charge is -2.18. The first-order valence-corrected chi connectivity index (χ1v) is 7.91. The van der Waals surface area contributed by atoms with E-state index in [4.69, 9.17) is 14.2 Å². The van der Waals surface area contributed by atoms with Crippen molar-refractivity contribution in [2.24, 2.45) is 0 Å². The Kier molecular flexibility index (Phi) is 4.88. The van der Waals surface area contributed by atoms with E-state index in [2.05, 4.69) is 0 Å². The zero-order valence-electron chi connectivity index (χ0n) is 14.2. The number of amides is 1. The van der Waals surface area contributed by atoms with Crippen molar-refractivity contribution < 1.29 is 23.8 Å². The molecular weight excluding hydrogens is 322 g/mol. The monoisotopic (exact) mass is 341 g/mol. The van der Waals surface area contributed by atoms with Crippen molar-refractivity contribution in [2.45, 2.75) is 6.42 Å². The highest BCUT2D eigenvalue weighted by atomic mass is 16.5. The number of para-hydroxylation sites is 2. The van der Waals surface area contributed by atoms with Crippen molar-refractivity contribution in [1.82, 2.24) is 0 Å². The zero-order chi connectivity index (χ0) is 17.8. The molecule has 1 heterocycles. The number of hydrogen-bond donors (Lipinski definition) is 0. The third kappa shape index (κ3) is 3.42. The molecule has 0 radical (unpaired) electrons. The highest BCUT2D eigenvalue weighted by molar-refractivity contribution is 5.98. The van der Waals surface area contributed by atoms with Crippen LogP contribution in [0.2, 0.25) is 0 Å². The van der Waals surface area contributed by atoms with Gasteiger partial charge in [-0.2, -0.15) is 0 Å². The SMILES string of the molecule is COC(=O)c1ccc2c(c1)CCN2C(=O)COc1ccccc1OC. The second-order valence-electron chi connectivity index (χ2n) is 5.57. The molecule has 0 aromatic heterocycles.